The Labute approximate surface area is 234 Å². The fourth-order valence-electron chi connectivity index (χ4n) is 6.47. The van der Waals surface area contributed by atoms with Gasteiger partial charge in [0.05, 0.1) is 33.9 Å². The van der Waals surface area contributed by atoms with E-state index in [0.29, 0.717) is 36.5 Å². The Morgan fingerprint density at radius 1 is 1.26 bits per heavy atom. The molecule has 3 aliphatic rings. The number of rotatable bonds is 13. The van der Waals surface area contributed by atoms with Gasteiger partial charge in [0.2, 0.25) is 5.91 Å². The van der Waals surface area contributed by atoms with Crippen LogP contribution in [0.5, 0.6) is 0 Å². The fraction of sp³-hybridized carbons (Fsp3) is 0.552. The SMILES string of the molecule is C=CCCOC(=O)[C@@H]1[C@H]2C(=O)N(CCCCCO)C(C(=O)N(CC=C)c3ccccc3Cl)C23S[C@@H]1CC3C. The van der Waals surface area contributed by atoms with Crippen molar-refractivity contribution in [1.82, 2.24) is 4.90 Å². The van der Waals surface area contributed by atoms with Gasteiger partial charge in [-0.3, -0.25) is 14.4 Å². The molecule has 6 atom stereocenters. The van der Waals surface area contributed by atoms with E-state index in [4.69, 9.17) is 16.3 Å². The number of amides is 2. The zero-order chi connectivity index (χ0) is 27.4. The van der Waals surface area contributed by atoms with Crippen LogP contribution in [-0.4, -0.2) is 70.1 Å². The van der Waals surface area contributed by atoms with E-state index in [1.54, 1.807) is 45.8 Å². The molecule has 1 aromatic carbocycles. The molecule has 38 heavy (non-hydrogen) atoms. The van der Waals surface area contributed by atoms with E-state index >= 15 is 0 Å². The number of aliphatic hydroxyl groups excluding tert-OH is 1. The minimum absolute atomic E-state index is 0.0527. The molecule has 206 valence electrons. The summed E-state index contributed by atoms with van der Waals surface area (Å²) < 4.78 is 4.84. The minimum atomic E-state index is -0.749. The second-order valence-electron chi connectivity index (χ2n) is 10.3. The van der Waals surface area contributed by atoms with Crippen molar-refractivity contribution in [1.29, 1.82) is 0 Å². The average Bonchev–Trinajstić information content (AvgIpc) is 3.49. The quantitative estimate of drug-likeness (QED) is 0.217. The van der Waals surface area contributed by atoms with Crippen LogP contribution in [0, 0.1) is 17.8 Å². The average molecular weight is 561 g/mol. The number of ether oxygens (including phenoxy) is 1. The van der Waals surface area contributed by atoms with Crippen molar-refractivity contribution in [3.05, 3.63) is 54.6 Å². The summed E-state index contributed by atoms with van der Waals surface area (Å²) in [6.45, 7) is 10.6. The molecular weight excluding hydrogens is 524 g/mol. The van der Waals surface area contributed by atoms with E-state index in [1.807, 2.05) is 12.1 Å². The second kappa shape index (κ2) is 12.3. The predicted molar refractivity (Wildman–Crippen MR) is 151 cm³/mol. The number of anilines is 1. The molecule has 1 N–H and O–H groups in total. The molecule has 3 saturated heterocycles. The van der Waals surface area contributed by atoms with Crippen LogP contribution in [0.4, 0.5) is 5.69 Å². The number of hydrogen-bond donors (Lipinski definition) is 1. The topological polar surface area (TPSA) is 87.1 Å². The first-order chi connectivity index (χ1) is 18.3. The van der Waals surface area contributed by atoms with Crippen LogP contribution in [-0.2, 0) is 19.1 Å². The van der Waals surface area contributed by atoms with E-state index in [1.165, 1.54) is 0 Å². The number of para-hydroxylation sites is 1. The maximum atomic E-state index is 14.5. The minimum Gasteiger partial charge on any atom is -0.465 e. The molecule has 2 amide bonds. The maximum Gasteiger partial charge on any atom is 0.310 e. The molecule has 1 spiro atoms. The summed E-state index contributed by atoms with van der Waals surface area (Å²) >= 11 is 8.15. The van der Waals surface area contributed by atoms with Crippen LogP contribution >= 0.6 is 23.4 Å². The Balaban J connectivity index is 1.74. The third kappa shape index (κ3) is 4.91. The van der Waals surface area contributed by atoms with Gasteiger partial charge >= 0.3 is 5.97 Å². The van der Waals surface area contributed by atoms with Gasteiger partial charge < -0.3 is 19.6 Å². The van der Waals surface area contributed by atoms with Crippen molar-refractivity contribution >= 4 is 46.8 Å². The zero-order valence-corrected chi connectivity index (χ0v) is 23.5. The number of carbonyl (C=O) groups excluding carboxylic acids is 3. The Bertz CT molecular complexity index is 1080. The Hall–Kier alpha value is -2.29. The molecule has 9 heteroatoms. The summed E-state index contributed by atoms with van der Waals surface area (Å²) in [4.78, 5) is 45.3. The van der Waals surface area contributed by atoms with Gasteiger partial charge in [0, 0.05) is 24.9 Å². The molecule has 2 bridgehead atoms. The summed E-state index contributed by atoms with van der Waals surface area (Å²) in [7, 11) is 0. The number of thioether (sulfide) groups is 1. The molecule has 7 nitrogen and oxygen atoms in total. The van der Waals surface area contributed by atoms with Crippen LogP contribution < -0.4 is 4.90 Å². The standard InChI is InChI=1S/C29H37ClN2O5S/c1-4-6-17-37-28(36)23-22-18-19(3)29(38-22)24(23)26(34)32(15-10-7-11-16-33)25(29)27(35)31(14-5-2)21-13-9-8-12-20(21)30/h4-5,8-9,12-13,19,22-25,33H,1-2,6-7,10-11,14-18H2,3H3/t19?,22-,23+,24+,25?,29?/m1/s1. The van der Waals surface area contributed by atoms with Gasteiger partial charge in [-0.05, 0) is 50.2 Å². The van der Waals surface area contributed by atoms with E-state index in [2.05, 4.69) is 20.1 Å². The molecule has 0 saturated carbocycles. The molecule has 3 fully saturated rings. The fourth-order valence-corrected chi connectivity index (χ4v) is 9.11. The molecule has 1 aromatic rings. The second-order valence-corrected chi connectivity index (χ2v) is 12.3. The lowest BCUT2D eigenvalue weighted by Crippen LogP contribution is -2.57. The van der Waals surface area contributed by atoms with Crippen LogP contribution in [0.25, 0.3) is 0 Å². The highest BCUT2D eigenvalue weighted by Gasteiger charge is 2.76. The third-order valence-electron chi connectivity index (χ3n) is 8.10. The first kappa shape index (κ1) is 28.7. The van der Waals surface area contributed by atoms with Crippen molar-refractivity contribution in [3.8, 4) is 0 Å². The van der Waals surface area contributed by atoms with Crippen molar-refractivity contribution in [2.24, 2.45) is 17.8 Å². The van der Waals surface area contributed by atoms with Gasteiger partial charge in [0.1, 0.15) is 6.04 Å². The monoisotopic (exact) mass is 560 g/mol. The number of halogens is 1. The highest BCUT2D eigenvalue weighted by Crippen LogP contribution is 2.68. The van der Waals surface area contributed by atoms with Crippen molar-refractivity contribution < 1.29 is 24.2 Å². The van der Waals surface area contributed by atoms with E-state index < -0.39 is 22.6 Å². The van der Waals surface area contributed by atoms with E-state index in [9.17, 15) is 19.5 Å². The van der Waals surface area contributed by atoms with E-state index in [0.717, 1.165) is 12.8 Å². The van der Waals surface area contributed by atoms with Crippen molar-refractivity contribution in [2.45, 2.75) is 55.1 Å². The summed E-state index contributed by atoms with van der Waals surface area (Å²) in [6, 6.07) is 6.42. The summed E-state index contributed by atoms with van der Waals surface area (Å²) in [6.07, 6.45) is 6.65. The number of nitrogens with zero attached hydrogens (tertiary/aromatic N) is 2. The van der Waals surface area contributed by atoms with Crippen molar-refractivity contribution in [3.63, 3.8) is 0 Å². The first-order valence-electron chi connectivity index (χ1n) is 13.4. The zero-order valence-electron chi connectivity index (χ0n) is 21.9. The molecule has 0 radical (unpaired) electrons. The largest absolute Gasteiger partial charge is 0.465 e. The summed E-state index contributed by atoms with van der Waals surface area (Å²) in [5.74, 6) is -1.88. The predicted octanol–water partition coefficient (Wildman–Crippen LogP) is 4.48. The van der Waals surface area contributed by atoms with Crippen LogP contribution in [0.15, 0.2) is 49.6 Å². The van der Waals surface area contributed by atoms with Gasteiger partial charge in [-0.1, -0.05) is 42.8 Å². The molecular formula is C29H37ClN2O5S. The molecule has 3 unspecified atom stereocenters. The van der Waals surface area contributed by atoms with E-state index in [-0.39, 0.29) is 48.7 Å². The highest BCUT2D eigenvalue weighted by molar-refractivity contribution is 8.02. The van der Waals surface area contributed by atoms with Gasteiger partial charge in [0.25, 0.3) is 5.91 Å². The lowest BCUT2D eigenvalue weighted by Gasteiger charge is -2.40. The first-order valence-corrected chi connectivity index (χ1v) is 14.6. The third-order valence-corrected chi connectivity index (χ3v) is 10.5. The molecule has 3 aliphatic heterocycles. The number of fused-ring (bicyclic) bond motifs is 1. The lowest BCUT2D eigenvalue weighted by molar-refractivity contribution is -0.154. The van der Waals surface area contributed by atoms with Gasteiger partial charge in [-0.25, -0.2) is 0 Å². The smallest absolute Gasteiger partial charge is 0.310 e. The number of carbonyl (C=O) groups is 3. The number of hydrogen-bond acceptors (Lipinski definition) is 6. The summed E-state index contributed by atoms with van der Waals surface area (Å²) in [5.41, 5.74) is 0.567. The molecule has 0 aromatic heterocycles. The highest BCUT2D eigenvalue weighted by atomic mass is 35.5. The van der Waals surface area contributed by atoms with Crippen LogP contribution in [0.3, 0.4) is 0 Å². The van der Waals surface area contributed by atoms with Crippen molar-refractivity contribution in [2.75, 3.05) is 31.2 Å². The maximum absolute atomic E-state index is 14.5. The Kier molecular flexibility index (Phi) is 9.27. The van der Waals surface area contributed by atoms with Gasteiger partial charge in [-0.15, -0.1) is 24.9 Å². The molecule has 0 aliphatic carbocycles. The van der Waals surface area contributed by atoms with Gasteiger partial charge in [-0.2, -0.15) is 0 Å². The Morgan fingerprint density at radius 3 is 2.71 bits per heavy atom. The normalized spacial score (nSPS) is 29.3. The Morgan fingerprint density at radius 2 is 2.03 bits per heavy atom. The molecule has 3 heterocycles. The number of aliphatic hydroxyl groups is 1. The number of unbranched alkanes of at least 4 members (excludes halogenated alkanes) is 2. The molecule has 4 rings (SSSR count). The lowest BCUT2D eigenvalue weighted by atomic mass is 9.66. The summed E-state index contributed by atoms with van der Waals surface area (Å²) in [5, 5.41) is 9.61. The van der Waals surface area contributed by atoms with Gasteiger partial charge in [0.15, 0.2) is 0 Å². The number of benzene rings is 1. The van der Waals surface area contributed by atoms with Crippen LogP contribution in [0.1, 0.15) is 39.0 Å². The van der Waals surface area contributed by atoms with Crippen LogP contribution in [0.2, 0.25) is 5.02 Å². The number of likely N-dealkylation sites (tertiary alicyclic amines) is 1. The number of esters is 1.